The standard InChI is InChI=1S/C13H21NO6/c1-7(15)17-9-5-14-6-10(18-8(2)16)12-11(9)19-13(3,4)20-12/h9-12,14H,5-6H2,1-4H3/t9-,10-,11+,12+/m0/s1. The van der Waals surface area contributed by atoms with E-state index in [9.17, 15) is 9.59 Å². The van der Waals surface area contributed by atoms with Gasteiger partial charge < -0.3 is 24.3 Å². The zero-order valence-electron chi connectivity index (χ0n) is 12.2. The summed E-state index contributed by atoms with van der Waals surface area (Å²) >= 11 is 0. The van der Waals surface area contributed by atoms with Crippen LogP contribution in [0.1, 0.15) is 27.7 Å². The van der Waals surface area contributed by atoms with Crippen molar-refractivity contribution in [1.82, 2.24) is 5.32 Å². The minimum atomic E-state index is -0.802. The summed E-state index contributed by atoms with van der Waals surface area (Å²) in [5.41, 5.74) is 0. The predicted octanol–water partition coefficient (Wildman–Crippen LogP) is -0.0269. The number of ether oxygens (including phenoxy) is 4. The SMILES string of the molecule is CC(=O)O[C@H]1CNC[C@H](OC(C)=O)[C@H]2OC(C)(C)O[C@@H]21. The van der Waals surface area contributed by atoms with E-state index in [0.717, 1.165) is 0 Å². The third kappa shape index (κ3) is 3.47. The van der Waals surface area contributed by atoms with Gasteiger partial charge in [0.05, 0.1) is 0 Å². The minimum absolute atomic E-state index is 0.380. The Hall–Kier alpha value is -1.18. The molecular weight excluding hydrogens is 266 g/mol. The van der Waals surface area contributed by atoms with Crippen LogP contribution in [0.5, 0.6) is 0 Å². The molecule has 2 rings (SSSR count). The molecule has 2 saturated heterocycles. The van der Waals surface area contributed by atoms with Crippen LogP contribution >= 0.6 is 0 Å². The van der Waals surface area contributed by atoms with Crippen LogP contribution in [0.3, 0.4) is 0 Å². The Bertz CT molecular complexity index is 362. The van der Waals surface area contributed by atoms with E-state index in [4.69, 9.17) is 18.9 Å². The Morgan fingerprint density at radius 3 is 1.75 bits per heavy atom. The van der Waals surface area contributed by atoms with Crippen LogP contribution in [-0.2, 0) is 28.5 Å². The number of hydrogen-bond donors (Lipinski definition) is 1. The van der Waals surface area contributed by atoms with Crippen molar-refractivity contribution in [1.29, 1.82) is 0 Å². The van der Waals surface area contributed by atoms with Crippen LogP contribution in [0, 0.1) is 0 Å². The van der Waals surface area contributed by atoms with Crippen LogP contribution in [0.25, 0.3) is 0 Å². The lowest BCUT2D eigenvalue weighted by Gasteiger charge is -2.25. The largest absolute Gasteiger partial charge is 0.458 e. The van der Waals surface area contributed by atoms with Gasteiger partial charge in [-0.05, 0) is 13.8 Å². The summed E-state index contributed by atoms with van der Waals surface area (Å²) in [6.07, 6.45) is -1.87. The molecule has 7 heteroatoms. The number of esters is 2. The molecular formula is C13H21NO6. The van der Waals surface area contributed by atoms with Gasteiger partial charge in [0.2, 0.25) is 0 Å². The monoisotopic (exact) mass is 287 g/mol. The fraction of sp³-hybridized carbons (Fsp3) is 0.846. The highest BCUT2D eigenvalue weighted by atomic mass is 16.8. The molecule has 2 fully saturated rings. The van der Waals surface area contributed by atoms with Gasteiger partial charge in [-0.25, -0.2) is 0 Å². The second-order valence-corrected chi connectivity index (χ2v) is 5.52. The first-order valence-electron chi connectivity index (χ1n) is 6.69. The lowest BCUT2D eigenvalue weighted by atomic mass is 10.1. The second kappa shape index (κ2) is 5.67. The van der Waals surface area contributed by atoms with E-state index in [2.05, 4.69) is 5.32 Å². The van der Waals surface area contributed by atoms with Crippen molar-refractivity contribution in [2.75, 3.05) is 13.1 Å². The first-order valence-corrected chi connectivity index (χ1v) is 6.69. The lowest BCUT2D eigenvalue weighted by Crippen LogP contribution is -2.44. The van der Waals surface area contributed by atoms with E-state index in [0.29, 0.717) is 13.1 Å². The Morgan fingerprint density at radius 1 is 1.00 bits per heavy atom. The van der Waals surface area contributed by atoms with Gasteiger partial charge in [0.15, 0.2) is 5.79 Å². The van der Waals surface area contributed by atoms with Crippen molar-refractivity contribution in [2.24, 2.45) is 0 Å². The predicted molar refractivity (Wildman–Crippen MR) is 67.8 cm³/mol. The van der Waals surface area contributed by atoms with Crippen LogP contribution in [0.2, 0.25) is 0 Å². The second-order valence-electron chi connectivity index (χ2n) is 5.52. The Balaban J connectivity index is 2.19. The van der Waals surface area contributed by atoms with Crippen LogP contribution in [0.4, 0.5) is 0 Å². The van der Waals surface area contributed by atoms with Gasteiger partial charge >= 0.3 is 11.9 Å². The molecule has 2 aliphatic rings. The van der Waals surface area contributed by atoms with E-state index in [1.165, 1.54) is 13.8 Å². The summed E-state index contributed by atoms with van der Waals surface area (Å²) in [4.78, 5) is 22.4. The topological polar surface area (TPSA) is 83.1 Å². The molecule has 1 N–H and O–H groups in total. The van der Waals surface area contributed by atoms with Crippen molar-refractivity contribution in [3.05, 3.63) is 0 Å². The number of nitrogens with one attached hydrogen (secondary N) is 1. The average molecular weight is 287 g/mol. The molecule has 0 spiro atoms. The Kier molecular flexibility index (Phi) is 4.31. The van der Waals surface area contributed by atoms with Crippen LogP contribution in [-0.4, -0.2) is 55.2 Å². The number of rotatable bonds is 2. The summed E-state index contributed by atoms with van der Waals surface area (Å²) in [7, 11) is 0. The molecule has 114 valence electrons. The van der Waals surface area contributed by atoms with Gasteiger partial charge in [0.25, 0.3) is 0 Å². The smallest absolute Gasteiger partial charge is 0.303 e. The maximum atomic E-state index is 11.2. The van der Waals surface area contributed by atoms with E-state index < -0.39 is 30.2 Å². The van der Waals surface area contributed by atoms with Crippen LogP contribution in [0.15, 0.2) is 0 Å². The third-order valence-electron chi connectivity index (χ3n) is 3.22. The molecule has 4 atom stereocenters. The number of fused-ring (bicyclic) bond motifs is 1. The lowest BCUT2D eigenvalue weighted by molar-refractivity contribution is -0.175. The molecule has 0 aromatic heterocycles. The normalized spacial score (nSPS) is 35.8. The molecule has 2 heterocycles. The van der Waals surface area contributed by atoms with Gasteiger partial charge in [0.1, 0.15) is 24.4 Å². The number of carbonyl (C=O) groups is 2. The van der Waals surface area contributed by atoms with Gasteiger partial charge in [-0.2, -0.15) is 0 Å². The molecule has 0 amide bonds. The highest BCUT2D eigenvalue weighted by molar-refractivity contribution is 5.66. The van der Waals surface area contributed by atoms with E-state index in [-0.39, 0.29) is 11.9 Å². The van der Waals surface area contributed by atoms with Crippen molar-refractivity contribution >= 4 is 11.9 Å². The molecule has 0 radical (unpaired) electrons. The molecule has 0 saturated carbocycles. The average Bonchev–Trinajstić information content (AvgIpc) is 2.54. The number of carbonyl (C=O) groups excluding carboxylic acids is 2. The van der Waals surface area contributed by atoms with Gasteiger partial charge in [0, 0.05) is 26.9 Å². The fourth-order valence-electron chi connectivity index (χ4n) is 2.64. The maximum Gasteiger partial charge on any atom is 0.303 e. The minimum Gasteiger partial charge on any atom is -0.458 e. The third-order valence-corrected chi connectivity index (χ3v) is 3.22. The van der Waals surface area contributed by atoms with Crippen molar-refractivity contribution in [3.63, 3.8) is 0 Å². The summed E-state index contributed by atoms with van der Waals surface area (Å²) in [6, 6.07) is 0. The molecule has 0 aromatic rings. The molecule has 7 nitrogen and oxygen atoms in total. The van der Waals surface area contributed by atoms with Crippen molar-refractivity contribution < 1.29 is 28.5 Å². The van der Waals surface area contributed by atoms with Gasteiger partial charge in [-0.3, -0.25) is 9.59 Å². The van der Waals surface area contributed by atoms with Crippen molar-refractivity contribution in [3.8, 4) is 0 Å². The highest BCUT2D eigenvalue weighted by Crippen LogP contribution is 2.34. The zero-order chi connectivity index (χ0) is 14.9. The Morgan fingerprint density at radius 2 is 1.40 bits per heavy atom. The molecule has 0 aliphatic carbocycles. The van der Waals surface area contributed by atoms with E-state index in [1.807, 2.05) is 0 Å². The zero-order valence-corrected chi connectivity index (χ0v) is 12.2. The molecule has 2 aliphatic heterocycles. The van der Waals surface area contributed by atoms with Crippen molar-refractivity contribution in [2.45, 2.75) is 57.9 Å². The van der Waals surface area contributed by atoms with Gasteiger partial charge in [-0.1, -0.05) is 0 Å². The summed E-state index contributed by atoms with van der Waals surface area (Å²) < 4.78 is 22.2. The maximum absolute atomic E-state index is 11.2. The summed E-state index contributed by atoms with van der Waals surface area (Å²) in [6.45, 7) is 7.13. The highest BCUT2D eigenvalue weighted by Gasteiger charge is 2.52. The number of hydrogen-bond acceptors (Lipinski definition) is 7. The molecule has 20 heavy (non-hydrogen) atoms. The van der Waals surface area contributed by atoms with E-state index >= 15 is 0 Å². The van der Waals surface area contributed by atoms with Gasteiger partial charge in [-0.15, -0.1) is 0 Å². The quantitative estimate of drug-likeness (QED) is 0.714. The van der Waals surface area contributed by atoms with Crippen LogP contribution < -0.4 is 5.32 Å². The first-order chi connectivity index (χ1) is 9.28. The summed E-state index contributed by atoms with van der Waals surface area (Å²) in [5, 5.41) is 3.10. The van der Waals surface area contributed by atoms with E-state index in [1.54, 1.807) is 13.8 Å². The summed E-state index contributed by atoms with van der Waals surface area (Å²) in [5.74, 6) is -1.56. The fourth-order valence-corrected chi connectivity index (χ4v) is 2.64. The molecule has 0 aromatic carbocycles. The first kappa shape index (κ1) is 15.2. The Labute approximate surface area is 117 Å². The molecule has 0 bridgehead atoms. The molecule has 0 unspecified atom stereocenters.